The Kier molecular flexibility index (Phi) is 3.86. The van der Waals surface area contributed by atoms with Gasteiger partial charge in [-0.15, -0.1) is 5.10 Å². The van der Waals surface area contributed by atoms with Crippen LogP contribution in [0.15, 0.2) is 59.1 Å². The summed E-state index contributed by atoms with van der Waals surface area (Å²) in [4.78, 5) is 0. The molecule has 1 aromatic heterocycles. The van der Waals surface area contributed by atoms with E-state index in [0.717, 1.165) is 26.9 Å². The van der Waals surface area contributed by atoms with E-state index in [0.29, 0.717) is 5.88 Å². The van der Waals surface area contributed by atoms with Gasteiger partial charge in [0.05, 0.1) is 17.3 Å². The zero-order chi connectivity index (χ0) is 17.4. The predicted molar refractivity (Wildman–Crippen MR) is 97.5 cm³/mol. The molecule has 0 saturated heterocycles. The molecule has 0 saturated carbocycles. The van der Waals surface area contributed by atoms with E-state index in [1.54, 1.807) is 0 Å². The lowest BCUT2D eigenvalue weighted by molar-refractivity contribution is 0.437. The monoisotopic (exact) mass is 392 g/mol. The van der Waals surface area contributed by atoms with Crippen molar-refractivity contribution < 1.29 is 4.74 Å². The molecular formula is C19H13BrN4O. The fraction of sp³-hybridized carbons (Fsp3) is 0.105. The van der Waals surface area contributed by atoms with E-state index < -0.39 is 5.92 Å². The number of fused-ring (bicyclic) bond motifs is 1. The molecule has 1 aliphatic rings. The summed E-state index contributed by atoms with van der Waals surface area (Å²) in [6, 6.07) is 19.8. The summed E-state index contributed by atoms with van der Waals surface area (Å²) in [5, 5.41) is 25.0. The zero-order valence-corrected chi connectivity index (χ0v) is 14.6. The molecule has 2 aromatic carbocycles. The fourth-order valence-corrected chi connectivity index (χ4v) is 3.44. The Balaban J connectivity index is 1.94. The lowest BCUT2D eigenvalue weighted by Crippen LogP contribution is -2.30. The van der Waals surface area contributed by atoms with Crippen LogP contribution < -0.4 is 4.74 Å². The van der Waals surface area contributed by atoms with Gasteiger partial charge in [0, 0.05) is 10.4 Å². The second kappa shape index (κ2) is 6.19. The van der Waals surface area contributed by atoms with Crippen LogP contribution in [0.2, 0.25) is 0 Å². The standard InChI is InChI=1S/C19H13BrN4O/c20-13-8-6-11(7-9-13)15-14(10-21)18(22)25-19-16(15)17(23-24-19)12-4-2-1-3-5-12/h1-9,14-15,22H,(H,23,24). The molecule has 2 heterocycles. The Morgan fingerprint density at radius 1 is 1.12 bits per heavy atom. The van der Waals surface area contributed by atoms with E-state index in [1.165, 1.54) is 0 Å². The first-order chi connectivity index (χ1) is 12.2. The second-order valence-corrected chi connectivity index (χ2v) is 6.70. The van der Waals surface area contributed by atoms with Crippen LogP contribution in [0.1, 0.15) is 17.0 Å². The van der Waals surface area contributed by atoms with E-state index in [2.05, 4.69) is 32.2 Å². The molecule has 0 amide bonds. The molecule has 3 aromatic rings. The maximum absolute atomic E-state index is 9.66. The topological polar surface area (TPSA) is 85.6 Å². The molecule has 0 radical (unpaired) electrons. The number of hydrogen-bond donors (Lipinski definition) is 2. The summed E-state index contributed by atoms with van der Waals surface area (Å²) >= 11 is 3.44. The summed E-state index contributed by atoms with van der Waals surface area (Å²) in [6.07, 6.45) is 0. The summed E-state index contributed by atoms with van der Waals surface area (Å²) in [7, 11) is 0. The van der Waals surface area contributed by atoms with Gasteiger partial charge in [0.1, 0.15) is 5.92 Å². The number of aromatic amines is 1. The van der Waals surface area contributed by atoms with Gasteiger partial charge < -0.3 is 4.74 Å². The Labute approximate surface area is 152 Å². The number of rotatable bonds is 2. The maximum atomic E-state index is 9.66. The van der Waals surface area contributed by atoms with E-state index in [1.807, 2.05) is 54.6 Å². The average Bonchev–Trinajstić information content (AvgIpc) is 3.05. The van der Waals surface area contributed by atoms with Crippen molar-refractivity contribution in [3.05, 3.63) is 70.2 Å². The molecule has 25 heavy (non-hydrogen) atoms. The van der Waals surface area contributed by atoms with Crippen LogP contribution >= 0.6 is 15.9 Å². The molecule has 1 aliphatic heterocycles. The molecule has 0 spiro atoms. The zero-order valence-electron chi connectivity index (χ0n) is 13.0. The maximum Gasteiger partial charge on any atom is 0.244 e. The van der Waals surface area contributed by atoms with Gasteiger partial charge in [-0.1, -0.05) is 58.4 Å². The lowest BCUT2D eigenvalue weighted by Gasteiger charge is -2.28. The minimum atomic E-state index is -0.700. The summed E-state index contributed by atoms with van der Waals surface area (Å²) < 4.78 is 6.48. The molecule has 5 nitrogen and oxygen atoms in total. The van der Waals surface area contributed by atoms with Crippen molar-refractivity contribution >= 4 is 21.8 Å². The highest BCUT2D eigenvalue weighted by molar-refractivity contribution is 9.10. The molecule has 0 bridgehead atoms. The molecule has 6 heteroatoms. The summed E-state index contributed by atoms with van der Waals surface area (Å²) in [5.74, 6) is -0.727. The Hall–Kier alpha value is -2.91. The highest BCUT2D eigenvalue weighted by Gasteiger charge is 2.40. The van der Waals surface area contributed by atoms with E-state index >= 15 is 0 Å². The van der Waals surface area contributed by atoms with Gasteiger partial charge in [0.2, 0.25) is 11.8 Å². The van der Waals surface area contributed by atoms with Crippen LogP contribution in [0.3, 0.4) is 0 Å². The Morgan fingerprint density at radius 3 is 2.52 bits per heavy atom. The summed E-state index contributed by atoms with van der Waals surface area (Å²) in [5.41, 5.74) is 3.54. The minimum absolute atomic E-state index is 0.0750. The number of halogens is 1. The highest BCUT2D eigenvalue weighted by Crippen LogP contribution is 2.45. The summed E-state index contributed by atoms with van der Waals surface area (Å²) in [6.45, 7) is 0. The van der Waals surface area contributed by atoms with Gasteiger partial charge in [-0.2, -0.15) is 5.26 Å². The van der Waals surface area contributed by atoms with Gasteiger partial charge in [-0.3, -0.25) is 10.5 Å². The van der Waals surface area contributed by atoms with E-state index in [4.69, 9.17) is 10.1 Å². The minimum Gasteiger partial charge on any atom is -0.422 e. The number of nitriles is 1. The molecule has 4 rings (SSSR count). The number of aromatic nitrogens is 2. The van der Waals surface area contributed by atoms with Gasteiger partial charge in [0.15, 0.2) is 0 Å². The smallest absolute Gasteiger partial charge is 0.244 e. The Morgan fingerprint density at radius 2 is 1.84 bits per heavy atom. The van der Waals surface area contributed by atoms with Crippen LogP contribution in [-0.4, -0.2) is 16.1 Å². The molecule has 2 unspecified atom stereocenters. The number of ether oxygens (including phenoxy) is 1. The predicted octanol–water partition coefficient (Wildman–Crippen LogP) is 4.48. The van der Waals surface area contributed by atoms with Crippen molar-refractivity contribution in [3.63, 3.8) is 0 Å². The average molecular weight is 393 g/mol. The van der Waals surface area contributed by atoms with Crippen molar-refractivity contribution in [1.29, 1.82) is 10.7 Å². The first-order valence-electron chi connectivity index (χ1n) is 7.74. The first-order valence-corrected chi connectivity index (χ1v) is 8.53. The van der Waals surface area contributed by atoms with Crippen molar-refractivity contribution in [2.24, 2.45) is 5.92 Å². The van der Waals surface area contributed by atoms with Crippen molar-refractivity contribution in [2.75, 3.05) is 0 Å². The molecule has 122 valence electrons. The number of H-pyrrole nitrogens is 1. The first kappa shape index (κ1) is 15.6. The van der Waals surface area contributed by atoms with Crippen molar-refractivity contribution in [2.45, 2.75) is 5.92 Å². The number of nitrogens with one attached hydrogen (secondary N) is 2. The lowest BCUT2D eigenvalue weighted by atomic mass is 9.79. The van der Waals surface area contributed by atoms with E-state index in [9.17, 15) is 5.26 Å². The Bertz CT molecular complexity index is 973. The molecule has 2 N–H and O–H groups in total. The molecular weight excluding hydrogens is 380 g/mol. The third-order valence-corrected chi connectivity index (χ3v) is 4.86. The molecule has 0 fully saturated rings. The van der Waals surface area contributed by atoms with Crippen LogP contribution in [0.5, 0.6) is 5.88 Å². The molecule has 2 atom stereocenters. The fourth-order valence-electron chi connectivity index (χ4n) is 3.17. The van der Waals surface area contributed by atoms with Crippen molar-refractivity contribution in [3.8, 4) is 23.2 Å². The van der Waals surface area contributed by atoms with Gasteiger partial charge in [-0.05, 0) is 23.3 Å². The quantitative estimate of drug-likeness (QED) is 0.673. The van der Waals surface area contributed by atoms with Crippen LogP contribution in [0, 0.1) is 22.7 Å². The third kappa shape index (κ3) is 2.63. The SMILES string of the molecule is N#CC1C(=N)Oc2n[nH]c(-c3ccccc3)c2C1c1ccc(Br)cc1. The second-order valence-electron chi connectivity index (χ2n) is 5.79. The van der Waals surface area contributed by atoms with Crippen LogP contribution in [-0.2, 0) is 0 Å². The van der Waals surface area contributed by atoms with Crippen molar-refractivity contribution in [1.82, 2.24) is 10.2 Å². The van der Waals surface area contributed by atoms with Gasteiger partial charge in [-0.25, -0.2) is 0 Å². The molecule has 0 aliphatic carbocycles. The normalized spacial score (nSPS) is 19.0. The van der Waals surface area contributed by atoms with Crippen LogP contribution in [0.4, 0.5) is 0 Å². The largest absolute Gasteiger partial charge is 0.422 e. The van der Waals surface area contributed by atoms with E-state index in [-0.39, 0.29) is 11.8 Å². The number of hydrogen-bond acceptors (Lipinski definition) is 4. The number of nitrogens with zero attached hydrogens (tertiary/aromatic N) is 2. The number of benzene rings is 2. The van der Waals surface area contributed by atoms with Crippen LogP contribution in [0.25, 0.3) is 11.3 Å². The van der Waals surface area contributed by atoms with Gasteiger partial charge in [0.25, 0.3) is 0 Å². The van der Waals surface area contributed by atoms with Gasteiger partial charge >= 0.3 is 0 Å². The highest BCUT2D eigenvalue weighted by atomic mass is 79.9. The third-order valence-electron chi connectivity index (χ3n) is 4.33.